The predicted octanol–water partition coefficient (Wildman–Crippen LogP) is 2.27. The van der Waals surface area contributed by atoms with Crippen molar-refractivity contribution in [3.63, 3.8) is 0 Å². The van der Waals surface area contributed by atoms with Crippen molar-refractivity contribution in [2.24, 2.45) is 0 Å². The molecule has 0 aromatic heterocycles. The van der Waals surface area contributed by atoms with Crippen LogP contribution in [0.5, 0.6) is 5.75 Å². The molecule has 0 aliphatic heterocycles. The van der Waals surface area contributed by atoms with E-state index in [4.69, 9.17) is 0 Å². The lowest BCUT2D eigenvalue weighted by atomic mass is 10.2. The van der Waals surface area contributed by atoms with Gasteiger partial charge in [0.15, 0.2) is 0 Å². The number of carbonyl (C=O) groups is 1. The van der Waals surface area contributed by atoms with Crippen LogP contribution in [0.1, 0.15) is 12.5 Å². The number of phenolic OH excluding ortho intramolecular Hbond substituents is 1. The third kappa shape index (κ3) is 2.65. The Bertz CT molecular complexity index is 336. The maximum absolute atomic E-state index is 11.0. The molecule has 0 aliphatic carbocycles. The average Bonchev–Trinajstić information content (AvgIpc) is 2.10. The van der Waals surface area contributed by atoms with Crippen LogP contribution >= 0.6 is 0 Å². The molecule has 0 heterocycles. The van der Waals surface area contributed by atoms with E-state index in [1.54, 1.807) is 25.1 Å². The molecule has 76 valence electrons. The second-order valence-corrected chi connectivity index (χ2v) is 2.87. The van der Waals surface area contributed by atoms with E-state index in [0.717, 1.165) is 5.56 Å². The Labute approximate surface area is 82.5 Å². The van der Waals surface area contributed by atoms with E-state index in [1.165, 1.54) is 0 Å². The van der Waals surface area contributed by atoms with Crippen molar-refractivity contribution in [3.8, 4) is 5.75 Å². The number of aromatic hydroxyl groups is 1. The molecule has 0 unspecified atom stereocenters. The molecule has 1 amide bonds. The Morgan fingerprint density at radius 1 is 1.57 bits per heavy atom. The van der Waals surface area contributed by atoms with E-state index in [9.17, 15) is 9.90 Å². The molecule has 0 spiro atoms. The summed E-state index contributed by atoms with van der Waals surface area (Å²) in [7, 11) is 0. The molecule has 4 heteroatoms. The Balaban J connectivity index is 2.72. The van der Waals surface area contributed by atoms with Crippen LogP contribution in [-0.2, 0) is 4.74 Å². The molecule has 1 aromatic rings. The van der Waals surface area contributed by atoms with Crippen molar-refractivity contribution in [2.45, 2.75) is 13.8 Å². The topological polar surface area (TPSA) is 58.6 Å². The van der Waals surface area contributed by atoms with Crippen LogP contribution in [0.4, 0.5) is 10.5 Å². The summed E-state index contributed by atoms with van der Waals surface area (Å²) in [6, 6.07) is 4.99. The molecular weight excluding hydrogens is 182 g/mol. The third-order valence-electron chi connectivity index (χ3n) is 1.67. The van der Waals surface area contributed by atoms with E-state index in [1.807, 2.05) is 6.92 Å². The SMILES string of the molecule is CCOC(=O)Nc1ccc(C)cc1O. The number of nitrogens with one attached hydrogen (secondary N) is 1. The van der Waals surface area contributed by atoms with Crippen LogP contribution in [-0.4, -0.2) is 17.8 Å². The summed E-state index contributed by atoms with van der Waals surface area (Å²) >= 11 is 0. The number of hydrogen-bond acceptors (Lipinski definition) is 3. The number of phenols is 1. The molecule has 0 atom stereocenters. The third-order valence-corrected chi connectivity index (χ3v) is 1.67. The zero-order chi connectivity index (χ0) is 10.6. The number of aryl methyl sites for hydroxylation is 1. The zero-order valence-corrected chi connectivity index (χ0v) is 8.20. The van der Waals surface area contributed by atoms with Crippen LogP contribution in [0, 0.1) is 6.92 Å². The standard InChI is InChI=1S/C10H13NO3/c1-3-14-10(13)11-8-5-4-7(2)6-9(8)12/h4-6,12H,3H2,1-2H3,(H,11,13). The van der Waals surface area contributed by atoms with Crippen LogP contribution in [0.25, 0.3) is 0 Å². The van der Waals surface area contributed by atoms with Gasteiger partial charge in [0.05, 0.1) is 12.3 Å². The van der Waals surface area contributed by atoms with Gasteiger partial charge in [-0.3, -0.25) is 5.32 Å². The highest BCUT2D eigenvalue weighted by Gasteiger charge is 2.05. The highest BCUT2D eigenvalue weighted by molar-refractivity contribution is 5.86. The Morgan fingerprint density at radius 2 is 2.29 bits per heavy atom. The van der Waals surface area contributed by atoms with E-state index in [2.05, 4.69) is 10.1 Å². The first-order valence-electron chi connectivity index (χ1n) is 4.37. The lowest BCUT2D eigenvalue weighted by Gasteiger charge is -2.07. The molecule has 0 radical (unpaired) electrons. The fraction of sp³-hybridized carbons (Fsp3) is 0.300. The molecule has 4 nitrogen and oxygen atoms in total. The average molecular weight is 195 g/mol. The van der Waals surface area contributed by atoms with Gasteiger partial charge in [-0.25, -0.2) is 4.79 Å². The second kappa shape index (κ2) is 4.50. The van der Waals surface area contributed by atoms with Gasteiger partial charge in [-0.15, -0.1) is 0 Å². The lowest BCUT2D eigenvalue weighted by Crippen LogP contribution is -2.13. The quantitative estimate of drug-likeness (QED) is 0.711. The minimum Gasteiger partial charge on any atom is -0.506 e. The van der Waals surface area contributed by atoms with E-state index in [-0.39, 0.29) is 5.75 Å². The second-order valence-electron chi connectivity index (χ2n) is 2.87. The smallest absolute Gasteiger partial charge is 0.411 e. The van der Waals surface area contributed by atoms with Crippen LogP contribution < -0.4 is 5.32 Å². The fourth-order valence-corrected chi connectivity index (χ4v) is 1.02. The highest BCUT2D eigenvalue weighted by Crippen LogP contribution is 2.23. The summed E-state index contributed by atoms with van der Waals surface area (Å²) in [6.45, 7) is 3.88. The van der Waals surface area contributed by atoms with Gasteiger partial charge in [0, 0.05) is 0 Å². The monoisotopic (exact) mass is 195 g/mol. The first kappa shape index (κ1) is 10.4. The highest BCUT2D eigenvalue weighted by atomic mass is 16.5. The van der Waals surface area contributed by atoms with Gasteiger partial charge in [-0.2, -0.15) is 0 Å². The predicted molar refractivity (Wildman–Crippen MR) is 53.5 cm³/mol. The molecule has 1 aromatic carbocycles. The van der Waals surface area contributed by atoms with Crippen molar-refractivity contribution in [1.29, 1.82) is 0 Å². The Morgan fingerprint density at radius 3 is 2.86 bits per heavy atom. The normalized spacial score (nSPS) is 9.57. The minimum atomic E-state index is -0.563. The van der Waals surface area contributed by atoms with Gasteiger partial charge >= 0.3 is 6.09 Å². The first-order valence-corrected chi connectivity index (χ1v) is 4.37. The molecule has 14 heavy (non-hydrogen) atoms. The summed E-state index contributed by atoms with van der Waals surface area (Å²) in [4.78, 5) is 11.0. The summed E-state index contributed by atoms with van der Waals surface area (Å²) < 4.78 is 4.67. The van der Waals surface area contributed by atoms with Gasteiger partial charge in [0.2, 0.25) is 0 Å². The van der Waals surface area contributed by atoms with Crippen LogP contribution in [0.3, 0.4) is 0 Å². The first-order chi connectivity index (χ1) is 6.63. The molecule has 0 aliphatic rings. The summed E-state index contributed by atoms with van der Waals surface area (Å²) in [5, 5.41) is 11.9. The number of benzene rings is 1. The largest absolute Gasteiger partial charge is 0.506 e. The van der Waals surface area contributed by atoms with Gasteiger partial charge in [0.1, 0.15) is 5.75 Å². The van der Waals surface area contributed by atoms with Gasteiger partial charge in [-0.05, 0) is 31.5 Å². The molecule has 2 N–H and O–H groups in total. The number of rotatable bonds is 2. The lowest BCUT2D eigenvalue weighted by molar-refractivity contribution is 0.168. The number of ether oxygens (including phenoxy) is 1. The Kier molecular flexibility index (Phi) is 3.34. The number of anilines is 1. The summed E-state index contributed by atoms with van der Waals surface area (Å²) in [6.07, 6.45) is -0.563. The molecule has 0 saturated carbocycles. The molecular formula is C10H13NO3. The van der Waals surface area contributed by atoms with Crippen LogP contribution in [0.2, 0.25) is 0 Å². The molecule has 0 bridgehead atoms. The van der Waals surface area contributed by atoms with Gasteiger partial charge in [0.25, 0.3) is 0 Å². The molecule has 0 fully saturated rings. The van der Waals surface area contributed by atoms with Gasteiger partial charge < -0.3 is 9.84 Å². The number of carbonyl (C=O) groups excluding carboxylic acids is 1. The van der Waals surface area contributed by atoms with Gasteiger partial charge in [-0.1, -0.05) is 6.07 Å². The number of amides is 1. The molecule has 1 rings (SSSR count). The van der Waals surface area contributed by atoms with E-state index in [0.29, 0.717) is 12.3 Å². The molecule has 0 saturated heterocycles. The summed E-state index contributed by atoms with van der Waals surface area (Å²) in [5.74, 6) is 0.0399. The minimum absolute atomic E-state index is 0.0399. The van der Waals surface area contributed by atoms with Crippen molar-refractivity contribution in [3.05, 3.63) is 23.8 Å². The van der Waals surface area contributed by atoms with Crippen molar-refractivity contribution in [1.82, 2.24) is 0 Å². The summed E-state index contributed by atoms with van der Waals surface area (Å²) in [5.41, 5.74) is 1.28. The van der Waals surface area contributed by atoms with E-state index >= 15 is 0 Å². The fourth-order valence-electron chi connectivity index (χ4n) is 1.02. The zero-order valence-electron chi connectivity index (χ0n) is 8.20. The number of hydrogen-bond donors (Lipinski definition) is 2. The maximum Gasteiger partial charge on any atom is 0.411 e. The maximum atomic E-state index is 11.0. The van der Waals surface area contributed by atoms with Crippen molar-refractivity contribution < 1.29 is 14.6 Å². The van der Waals surface area contributed by atoms with Crippen molar-refractivity contribution in [2.75, 3.05) is 11.9 Å². The van der Waals surface area contributed by atoms with Crippen molar-refractivity contribution >= 4 is 11.8 Å². The van der Waals surface area contributed by atoms with E-state index < -0.39 is 6.09 Å². The van der Waals surface area contributed by atoms with Crippen LogP contribution in [0.15, 0.2) is 18.2 Å². The Hall–Kier alpha value is -1.71.